The summed E-state index contributed by atoms with van der Waals surface area (Å²) in [5, 5.41) is 15.0. The molecule has 0 aliphatic rings. The fraction of sp³-hybridized carbons (Fsp3) is 0.125. The van der Waals surface area contributed by atoms with Crippen molar-refractivity contribution in [1.29, 1.82) is 0 Å². The second kappa shape index (κ2) is 7.65. The first-order valence-corrected chi connectivity index (χ1v) is 9.13. The van der Waals surface area contributed by atoms with E-state index in [0.29, 0.717) is 21.7 Å². The van der Waals surface area contributed by atoms with Crippen molar-refractivity contribution in [2.75, 3.05) is 5.32 Å². The van der Waals surface area contributed by atoms with Gasteiger partial charge in [0, 0.05) is 11.9 Å². The maximum absolute atomic E-state index is 11.4. The first-order valence-electron chi connectivity index (χ1n) is 7.06. The minimum absolute atomic E-state index is 0.140. The van der Waals surface area contributed by atoms with Crippen molar-refractivity contribution in [1.82, 2.24) is 4.98 Å². The molecule has 0 aliphatic carbocycles. The molecular formula is C16H13ClN4OS2. The van der Waals surface area contributed by atoms with Crippen LogP contribution in [-0.2, 0) is 11.3 Å². The van der Waals surface area contributed by atoms with Gasteiger partial charge in [0.1, 0.15) is 10.7 Å². The maximum Gasteiger partial charge on any atom is 0.232 e. The molecule has 0 saturated heterocycles. The lowest BCUT2D eigenvalue weighted by Gasteiger charge is -1.99. The number of azo groups is 1. The molecule has 2 aromatic heterocycles. The third-order valence-electron chi connectivity index (χ3n) is 2.96. The minimum Gasteiger partial charge on any atom is -0.316 e. The molecule has 1 amide bonds. The van der Waals surface area contributed by atoms with Gasteiger partial charge in [-0.25, -0.2) is 4.98 Å². The lowest BCUT2D eigenvalue weighted by atomic mass is 10.2. The van der Waals surface area contributed by atoms with E-state index in [0.717, 1.165) is 16.1 Å². The average molecular weight is 377 g/mol. The Bertz CT molecular complexity index is 874. The van der Waals surface area contributed by atoms with Crippen LogP contribution in [0, 0.1) is 0 Å². The predicted octanol–water partition coefficient (Wildman–Crippen LogP) is 5.77. The molecule has 122 valence electrons. The minimum atomic E-state index is -0.140. The Hall–Kier alpha value is -2.09. The van der Waals surface area contributed by atoms with Gasteiger partial charge in [-0.1, -0.05) is 41.1 Å². The summed E-state index contributed by atoms with van der Waals surface area (Å²) in [4.78, 5) is 16.8. The molecule has 3 aromatic rings. The van der Waals surface area contributed by atoms with Crippen molar-refractivity contribution in [3.63, 3.8) is 0 Å². The summed E-state index contributed by atoms with van der Waals surface area (Å²) in [6, 6.07) is 11.4. The molecule has 0 radical (unpaired) electrons. The van der Waals surface area contributed by atoms with Crippen molar-refractivity contribution < 1.29 is 4.79 Å². The van der Waals surface area contributed by atoms with Gasteiger partial charge in [0.05, 0.1) is 11.4 Å². The number of anilines is 1. The summed E-state index contributed by atoms with van der Waals surface area (Å²) in [7, 11) is 0. The summed E-state index contributed by atoms with van der Waals surface area (Å²) in [6.07, 6.45) is 0. The number of amides is 1. The lowest BCUT2D eigenvalue weighted by Crippen LogP contribution is -2.04. The highest BCUT2D eigenvalue weighted by Gasteiger charge is 2.14. The van der Waals surface area contributed by atoms with Gasteiger partial charge in [-0.15, -0.1) is 16.5 Å². The number of carbonyl (C=O) groups is 1. The summed E-state index contributed by atoms with van der Waals surface area (Å²) in [5.41, 5.74) is 1.70. The number of carbonyl (C=O) groups excluding carboxylic acids is 1. The van der Waals surface area contributed by atoms with Crippen LogP contribution in [0.4, 0.5) is 10.1 Å². The number of nitrogens with one attached hydrogen (secondary N) is 1. The third-order valence-corrected chi connectivity index (χ3v) is 4.93. The van der Waals surface area contributed by atoms with Gasteiger partial charge in [0.15, 0.2) is 0 Å². The van der Waals surface area contributed by atoms with Crippen molar-refractivity contribution in [3.05, 3.63) is 52.4 Å². The number of aromatic nitrogens is 1. The van der Waals surface area contributed by atoms with E-state index in [-0.39, 0.29) is 5.91 Å². The molecule has 3 rings (SSSR count). The van der Waals surface area contributed by atoms with Crippen LogP contribution in [0.2, 0.25) is 5.02 Å². The summed E-state index contributed by atoms with van der Waals surface area (Å²) in [5.74, 6) is -0.140. The lowest BCUT2D eigenvalue weighted by molar-refractivity contribution is -0.114. The Morgan fingerprint density at radius 2 is 2.21 bits per heavy atom. The highest BCUT2D eigenvalue weighted by molar-refractivity contribution is 7.20. The molecule has 0 aliphatic heterocycles. The van der Waals surface area contributed by atoms with Crippen LogP contribution in [-0.4, -0.2) is 10.9 Å². The molecule has 8 heteroatoms. The topological polar surface area (TPSA) is 66.7 Å². The van der Waals surface area contributed by atoms with Crippen LogP contribution >= 0.6 is 34.3 Å². The van der Waals surface area contributed by atoms with Crippen molar-refractivity contribution in [3.8, 4) is 10.6 Å². The standard InChI is InChI=1S/C16H13ClN4OS2/c1-10(22)19-15-14(13-6-3-7-23-13)20-16(24-15)21-18-9-11-4-2-5-12(17)8-11/h2-8H,9H2,1H3,(H,19,22). The SMILES string of the molecule is CC(=O)Nc1sc(N=NCc2cccc(Cl)c2)nc1-c1cccs1. The molecule has 5 nitrogen and oxygen atoms in total. The Kier molecular flexibility index (Phi) is 5.34. The molecule has 1 N–H and O–H groups in total. The molecule has 0 unspecified atom stereocenters. The quantitative estimate of drug-likeness (QED) is 0.574. The summed E-state index contributed by atoms with van der Waals surface area (Å²) in [6.45, 7) is 1.89. The maximum atomic E-state index is 11.4. The Labute approximate surface area is 152 Å². The van der Waals surface area contributed by atoms with Crippen LogP contribution in [0.1, 0.15) is 12.5 Å². The largest absolute Gasteiger partial charge is 0.316 e. The van der Waals surface area contributed by atoms with Crippen LogP contribution in [0.5, 0.6) is 0 Å². The van der Waals surface area contributed by atoms with Gasteiger partial charge < -0.3 is 5.32 Å². The van der Waals surface area contributed by atoms with E-state index in [2.05, 4.69) is 20.5 Å². The number of nitrogens with zero attached hydrogens (tertiary/aromatic N) is 3. The van der Waals surface area contributed by atoms with E-state index < -0.39 is 0 Å². The number of hydrogen-bond acceptors (Lipinski definition) is 6. The average Bonchev–Trinajstić information content (AvgIpc) is 3.16. The number of rotatable bonds is 5. The van der Waals surface area contributed by atoms with E-state index in [1.54, 1.807) is 11.3 Å². The highest BCUT2D eigenvalue weighted by Crippen LogP contribution is 2.39. The van der Waals surface area contributed by atoms with Gasteiger partial charge in [-0.2, -0.15) is 5.11 Å². The zero-order valence-corrected chi connectivity index (χ0v) is 15.1. The van der Waals surface area contributed by atoms with Crippen LogP contribution in [0.3, 0.4) is 0 Å². The summed E-state index contributed by atoms with van der Waals surface area (Å²) < 4.78 is 0. The number of thiophene rings is 1. The van der Waals surface area contributed by atoms with Gasteiger partial charge >= 0.3 is 0 Å². The Morgan fingerprint density at radius 3 is 2.92 bits per heavy atom. The molecule has 0 saturated carbocycles. The van der Waals surface area contributed by atoms with Gasteiger partial charge in [0.2, 0.25) is 11.0 Å². The molecule has 0 spiro atoms. The number of hydrogen-bond donors (Lipinski definition) is 1. The smallest absolute Gasteiger partial charge is 0.232 e. The zero-order chi connectivity index (χ0) is 16.9. The van der Waals surface area contributed by atoms with Crippen molar-refractivity contribution >= 4 is 50.3 Å². The molecule has 24 heavy (non-hydrogen) atoms. The van der Waals surface area contributed by atoms with E-state index >= 15 is 0 Å². The van der Waals surface area contributed by atoms with Gasteiger partial charge in [-0.05, 0) is 29.1 Å². The molecule has 0 bridgehead atoms. The van der Waals surface area contributed by atoms with Crippen molar-refractivity contribution in [2.24, 2.45) is 10.2 Å². The number of benzene rings is 1. The van der Waals surface area contributed by atoms with E-state index in [1.165, 1.54) is 18.3 Å². The Balaban J connectivity index is 1.80. The van der Waals surface area contributed by atoms with Crippen LogP contribution in [0.15, 0.2) is 52.0 Å². The molecule has 0 atom stereocenters. The molecular weight excluding hydrogens is 364 g/mol. The zero-order valence-electron chi connectivity index (χ0n) is 12.7. The van der Waals surface area contributed by atoms with Gasteiger partial charge in [-0.3, -0.25) is 4.79 Å². The second-order valence-corrected chi connectivity index (χ2v) is 7.22. The van der Waals surface area contributed by atoms with E-state index in [4.69, 9.17) is 11.6 Å². The van der Waals surface area contributed by atoms with Gasteiger partial charge in [0.25, 0.3) is 0 Å². The first kappa shape index (κ1) is 16.8. The molecule has 2 heterocycles. The normalized spacial score (nSPS) is 11.1. The van der Waals surface area contributed by atoms with Crippen molar-refractivity contribution in [2.45, 2.75) is 13.5 Å². The first-order chi connectivity index (χ1) is 11.6. The number of halogens is 1. The van der Waals surface area contributed by atoms with E-state index in [1.807, 2.05) is 41.8 Å². The van der Waals surface area contributed by atoms with Crippen LogP contribution < -0.4 is 5.32 Å². The number of thiazole rings is 1. The fourth-order valence-corrected chi connectivity index (χ4v) is 3.85. The third kappa shape index (κ3) is 4.25. The van der Waals surface area contributed by atoms with Crippen LogP contribution in [0.25, 0.3) is 10.6 Å². The monoisotopic (exact) mass is 376 g/mol. The summed E-state index contributed by atoms with van der Waals surface area (Å²) >= 11 is 8.81. The molecule has 1 aromatic carbocycles. The predicted molar refractivity (Wildman–Crippen MR) is 99.4 cm³/mol. The fourth-order valence-electron chi connectivity index (χ4n) is 1.99. The molecule has 0 fully saturated rings. The highest BCUT2D eigenvalue weighted by atomic mass is 35.5. The Morgan fingerprint density at radius 1 is 1.33 bits per heavy atom. The van der Waals surface area contributed by atoms with E-state index in [9.17, 15) is 4.79 Å². The second-order valence-electron chi connectivity index (χ2n) is 4.86.